The number of hydrogen-bond acceptors (Lipinski definition) is 5. The van der Waals surface area contributed by atoms with E-state index < -0.39 is 11.1 Å². The zero-order valence-corrected chi connectivity index (χ0v) is 10.3. The monoisotopic (exact) mass is 263 g/mol. The van der Waals surface area contributed by atoms with E-state index in [0.717, 1.165) is 0 Å². The minimum absolute atomic E-state index is 0.0741. The van der Waals surface area contributed by atoms with Crippen LogP contribution in [0.4, 0.5) is 10.5 Å². The lowest BCUT2D eigenvalue weighted by molar-refractivity contribution is -0.384. The molecule has 0 fully saturated rings. The molecule has 0 amide bonds. The molecule has 0 saturated heterocycles. The first-order valence-electron chi connectivity index (χ1n) is 5.50. The van der Waals surface area contributed by atoms with E-state index in [2.05, 4.69) is 0 Å². The summed E-state index contributed by atoms with van der Waals surface area (Å²) >= 11 is 0. The van der Waals surface area contributed by atoms with E-state index in [9.17, 15) is 14.9 Å². The number of nitro groups is 1. The molecule has 1 aromatic carbocycles. The van der Waals surface area contributed by atoms with Crippen LogP contribution >= 0.6 is 0 Å². The number of allylic oxidation sites excluding steroid dienone is 3. The van der Waals surface area contributed by atoms with E-state index in [4.69, 9.17) is 9.47 Å². The van der Waals surface area contributed by atoms with Crippen LogP contribution in [0.25, 0.3) is 0 Å². The zero-order valence-electron chi connectivity index (χ0n) is 10.3. The topological polar surface area (TPSA) is 78.7 Å². The van der Waals surface area contributed by atoms with Gasteiger partial charge in [-0.25, -0.2) is 4.79 Å². The Kier molecular flexibility index (Phi) is 5.81. The van der Waals surface area contributed by atoms with Gasteiger partial charge in [-0.15, -0.1) is 0 Å². The molecule has 0 bridgehead atoms. The molecule has 6 nitrogen and oxygen atoms in total. The van der Waals surface area contributed by atoms with Gasteiger partial charge in [-0.1, -0.05) is 18.2 Å². The third-order valence-electron chi connectivity index (χ3n) is 1.99. The van der Waals surface area contributed by atoms with Crippen molar-refractivity contribution in [2.45, 2.75) is 6.92 Å². The molecule has 0 aliphatic rings. The second-order valence-electron chi connectivity index (χ2n) is 3.37. The Bertz CT molecular complexity index is 490. The molecule has 0 spiro atoms. The Morgan fingerprint density at radius 3 is 2.58 bits per heavy atom. The van der Waals surface area contributed by atoms with E-state index in [-0.39, 0.29) is 18.0 Å². The first-order chi connectivity index (χ1) is 9.13. The molecule has 1 rings (SSSR count). The minimum atomic E-state index is -0.862. The lowest BCUT2D eigenvalue weighted by Gasteiger charge is -2.03. The summed E-state index contributed by atoms with van der Waals surface area (Å²) in [4.78, 5) is 21.1. The van der Waals surface area contributed by atoms with Crippen molar-refractivity contribution in [1.82, 2.24) is 0 Å². The molecule has 0 aliphatic heterocycles. The van der Waals surface area contributed by atoms with Crippen LogP contribution in [0, 0.1) is 10.1 Å². The Hall–Kier alpha value is -2.63. The van der Waals surface area contributed by atoms with Crippen molar-refractivity contribution in [3.05, 3.63) is 58.7 Å². The summed E-state index contributed by atoms with van der Waals surface area (Å²) in [6, 6.07) is 5.15. The zero-order chi connectivity index (χ0) is 14.1. The van der Waals surface area contributed by atoms with Crippen LogP contribution < -0.4 is 4.74 Å². The van der Waals surface area contributed by atoms with Crippen LogP contribution in [0.15, 0.2) is 48.6 Å². The molecule has 0 unspecified atom stereocenters. The van der Waals surface area contributed by atoms with Gasteiger partial charge in [-0.2, -0.15) is 0 Å². The summed E-state index contributed by atoms with van der Waals surface area (Å²) in [5.74, 6) is 0.188. The fourth-order valence-corrected chi connectivity index (χ4v) is 1.12. The molecule has 0 saturated carbocycles. The van der Waals surface area contributed by atoms with Gasteiger partial charge in [0.25, 0.3) is 5.69 Å². The van der Waals surface area contributed by atoms with Gasteiger partial charge in [0.05, 0.1) is 4.92 Å². The number of non-ortho nitro benzene ring substituents is 1. The van der Waals surface area contributed by atoms with Crippen LogP contribution in [0.5, 0.6) is 5.75 Å². The quantitative estimate of drug-likeness (QED) is 0.268. The Morgan fingerprint density at radius 2 is 2.00 bits per heavy atom. The number of ether oxygens (including phenoxy) is 2. The molecular formula is C13H13NO5. The van der Waals surface area contributed by atoms with Crippen molar-refractivity contribution in [2.24, 2.45) is 0 Å². The standard InChI is InChI=1S/C13H13NO5/c1-2-3-4-5-10-18-13(15)19-12-8-6-11(7-9-12)14(16)17/h2-9H,10H2,1H3. The van der Waals surface area contributed by atoms with Crippen molar-refractivity contribution >= 4 is 11.8 Å². The van der Waals surface area contributed by atoms with E-state index >= 15 is 0 Å². The maximum absolute atomic E-state index is 11.2. The highest BCUT2D eigenvalue weighted by atomic mass is 16.7. The number of benzene rings is 1. The third kappa shape index (κ3) is 5.49. The molecule has 100 valence electrons. The molecule has 6 heteroatoms. The minimum Gasteiger partial charge on any atom is -0.430 e. The summed E-state index contributed by atoms with van der Waals surface area (Å²) in [7, 11) is 0. The molecule has 0 N–H and O–H groups in total. The fourth-order valence-electron chi connectivity index (χ4n) is 1.12. The van der Waals surface area contributed by atoms with Crippen LogP contribution in [-0.4, -0.2) is 17.7 Å². The van der Waals surface area contributed by atoms with Gasteiger partial charge in [0.2, 0.25) is 0 Å². The second-order valence-corrected chi connectivity index (χ2v) is 3.37. The van der Waals surface area contributed by atoms with Gasteiger partial charge >= 0.3 is 6.16 Å². The Morgan fingerprint density at radius 1 is 1.32 bits per heavy atom. The molecule has 19 heavy (non-hydrogen) atoms. The highest BCUT2D eigenvalue weighted by Gasteiger charge is 2.08. The largest absolute Gasteiger partial charge is 0.514 e. The lowest BCUT2D eigenvalue weighted by atomic mass is 10.3. The number of rotatable bonds is 5. The molecule has 0 aliphatic carbocycles. The SMILES string of the molecule is CC=CC=CCOC(=O)Oc1ccc([N+](=O)[O-])cc1. The Labute approximate surface area is 110 Å². The average Bonchev–Trinajstić information content (AvgIpc) is 2.39. The summed E-state index contributed by atoms with van der Waals surface area (Å²) < 4.78 is 9.57. The van der Waals surface area contributed by atoms with E-state index in [1.165, 1.54) is 24.3 Å². The fraction of sp³-hybridized carbons (Fsp3) is 0.154. The molecule has 0 aromatic heterocycles. The molecule has 0 radical (unpaired) electrons. The number of hydrogen-bond donors (Lipinski definition) is 0. The van der Waals surface area contributed by atoms with Crippen LogP contribution in [-0.2, 0) is 4.74 Å². The van der Waals surface area contributed by atoms with Crippen molar-refractivity contribution in [2.75, 3.05) is 6.61 Å². The molecular weight excluding hydrogens is 250 g/mol. The van der Waals surface area contributed by atoms with Crippen molar-refractivity contribution in [3.63, 3.8) is 0 Å². The van der Waals surface area contributed by atoms with Gasteiger partial charge in [0, 0.05) is 12.1 Å². The molecule has 0 atom stereocenters. The summed E-state index contributed by atoms with van der Waals surface area (Å²) in [5.41, 5.74) is -0.0741. The highest BCUT2D eigenvalue weighted by molar-refractivity contribution is 5.64. The maximum atomic E-state index is 11.2. The second kappa shape index (κ2) is 7.65. The van der Waals surface area contributed by atoms with Crippen molar-refractivity contribution in [3.8, 4) is 5.75 Å². The summed E-state index contributed by atoms with van der Waals surface area (Å²) in [6.07, 6.45) is 6.16. The average molecular weight is 263 g/mol. The Balaban J connectivity index is 2.42. The predicted molar refractivity (Wildman–Crippen MR) is 69.0 cm³/mol. The number of nitrogens with zero attached hydrogens (tertiary/aromatic N) is 1. The van der Waals surface area contributed by atoms with Gasteiger partial charge < -0.3 is 9.47 Å². The lowest BCUT2D eigenvalue weighted by Crippen LogP contribution is -2.10. The summed E-state index contributed by atoms with van der Waals surface area (Å²) in [6.45, 7) is 1.96. The molecule has 0 heterocycles. The normalized spacial score (nSPS) is 10.8. The first kappa shape index (κ1) is 14.4. The number of nitro benzene ring substituents is 1. The van der Waals surface area contributed by atoms with Gasteiger partial charge in [-0.05, 0) is 25.1 Å². The van der Waals surface area contributed by atoms with E-state index in [1.54, 1.807) is 18.2 Å². The highest BCUT2D eigenvalue weighted by Crippen LogP contribution is 2.17. The summed E-state index contributed by atoms with van der Waals surface area (Å²) in [5, 5.41) is 10.4. The van der Waals surface area contributed by atoms with E-state index in [0.29, 0.717) is 0 Å². The van der Waals surface area contributed by atoms with E-state index in [1.807, 2.05) is 13.0 Å². The maximum Gasteiger partial charge on any atom is 0.514 e. The number of carbonyl (C=O) groups excluding carboxylic acids is 1. The van der Waals surface area contributed by atoms with Crippen LogP contribution in [0.1, 0.15) is 6.92 Å². The molecule has 1 aromatic rings. The van der Waals surface area contributed by atoms with Crippen molar-refractivity contribution < 1.29 is 19.2 Å². The third-order valence-corrected chi connectivity index (χ3v) is 1.99. The van der Waals surface area contributed by atoms with Gasteiger partial charge in [0.15, 0.2) is 0 Å². The first-order valence-corrected chi connectivity index (χ1v) is 5.50. The smallest absolute Gasteiger partial charge is 0.430 e. The van der Waals surface area contributed by atoms with Crippen LogP contribution in [0.2, 0.25) is 0 Å². The van der Waals surface area contributed by atoms with Crippen LogP contribution in [0.3, 0.4) is 0 Å². The van der Waals surface area contributed by atoms with Crippen molar-refractivity contribution in [1.29, 1.82) is 0 Å². The predicted octanol–water partition coefficient (Wildman–Crippen LogP) is 3.24. The number of carbonyl (C=O) groups is 1. The van der Waals surface area contributed by atoms with Gasteiger partial charge in [0.1, 0.15) is 12.4 Å². The van der Waals surface area contributed by atoms with Gasteiger partial charge in [-0.3, -0.25) is 10.1 Å².